The Labute approximate surface area is 174 Å². The van der Waals surface area contributed by atoms with Gasteiger partial charge in [0, 0.05) is 39.3 Å². The lowest BCUT2D eigenvalue weighted by Crippen LogP contribution is -2.47. The summed E-state index contributed by atoms with van der Waals surface area (Å²) in [5, 5.41) is 12.6. The van der Waals surface area contributed by atoms with Crippen LogP contribution in [-0.4, -0.2) is 63.3 Å². The summed E-state index contributed by atoms with van der Waals surface area (Å²) in [6.45, 7) is 7.40. The standard InChI is InChI=1S/C23H34N4O2/c1-18-4-3-5-22(21(18)16-24)27-14-12-26(13-15-27)11-10-19-6-8-20(9-7-19)25-23(28)17-29-2/h3-5,19-20H,6-15,17H2,1-2H3,(H,25,28)/t19-,20-. The van der Waals surface area contributed by atoms with E-state index in [-0.39, 0.29) is 12.5 Å². The summed E-state index contributed by atoms with van der Waals surface area (Å²) in [5.41, 5.74) is 2.96. The highest BCUT2D eigenvalue weighted by Crippen LogP contribution is 2.28. The van der Waals surface area contributed by atoms with Crippen molar-refractivity contribution in [1.82, 2.24) is 10.2 Å². The van der Waals surface area contributed by atoms with Crippen LogP contribution in [0.3, 0.4) is 0 Å². The van der Waals surface area contributed by atoms with Crippen LogP contribution in [0.25, 0.3) is 0 Å². The lowest BCUT2D eigenvalue weighted by molar-refractivity contribution is -0.125. The second kappa shape index (κ2) is 10.6. The molecule has 3 rings (SSSR count). The van der Waals surface area contributed by atoms with E-state index >= 15 is 0 Å². The van der Waals surface area contributed by atoms with Crippen molar-refractivity contribution in [3.8, 4) is 6.07 Å². The maximum atomic E-state index is 11.6. The summed E-state index contributed by atoms with van der Waals surface area (Å²) in [7, 11) is 1.56. The number of aryl methyl sites for hydroxylation is 1. The first-order valence-corrected chi connectivity index (χ1v) is 10.9. The summed E-state index contributed by atoms with van der Waals surface area (Å²) >= 11 is 0. The lowest BCUT2D eigenvalue weighted by Gasteiger charge is -2.37. The van der Waals surface area contributed by atoms with Crippen LogP contribution in [0, 0.1) is 24.2 Å². The second-order valence-electron chi connectivity index (χ2n) is 8.42. The molecule has 0 spiro atoms. The number of ether oxygens (including phenoxy) is 1. The minimum absolute atomic E-state index is 0.00184. The van der Waals surface area contributed by atoms with Crippen molar-refractivity contribution >= 4 is 11.6 Å². The largest absolute Gasteiger partial charge is 0.375 e. The maximum absolute atomic E-state index is 11.6. The van der Waals surface area contributed by atoms with Gasteiger partial charge < -0.3 is 15.0 Å². The van der Waals surface area contributed by atoms with Crippen molar-refractivity contribution in [3.05, 3.63) is 29.3 Å². The quantitative estimate of drug-likeness (QED) is 0.765. The van der Waals surface area contributed by atoms with E-state index in [1.807, 2.05) is 19.1 Å². The van der Waals surface area contributed by atoms with E-state index in [0.29, 0.717) is 6.04 Å². The Hall–Kier alpha value is -2.10. The molecule has 2 aliphatic rings. The number of carbonyl (C=O) groups excluding carboxylic acids is 1. The first-order valence-electron chi connectivity index (χ1n) is 10.9. The minimum Gasteiger partial charge on any atom is -0.375 e. The second-order valence-corrected chi connectivity index (χ2v) is 8.42. The van der Waals surface area contributed by atoms with Crippen LogP contribution in [0.4, 0.5) is 5.69 Å². The highest BCUT2D eigenvalue weighted by Gasteiger charge is 2.24. The molecule has 1 saturated carbocycles. The van der Waals surface area contributed by atoms with E-state index in [1.165, 1.54) is 19.3 Å². The number of nitrogens with one attached hydrogen (secondary N) is 1. The molecular weight excluding hydrogens is 364 g/mol. The molecule has 158 valence electrons. The summed E-state index contributed by atoms with van der Waals surface area (Å²) in [4.78, 5) is 16.6. The number of carbonyl (C=O) groups is 1. The van der Waals surface area contributed by atoms with Crippen molar-refractivity contribution in [2.24, 2.45) is 5.92 Å². The van der Waals surface area contributed by atoms with Crippen LogP contribution >= 0.6 is 0 Å². The zero-order chi connectivity index (χ0) is 20.6. The molecule has 1 aliphatic carbocycles. The predicted octanol–water partition coefficient (Wildman–Crippen LogP) is 2.70. The van der Waals surface area contributed by atoms with Gasteiger partial charge in [0.15, 0.2) is 0 Å². The number of nitrogens with zero attached hydrogens (tertiary/aromatic N) is 3. The number of hydrogen-bond acceptors (Lipinski definition) is 5. The fourth-order valence-corrected chi connectivity index (χ4v) is 4.63. The monoisotopic (exact) mass is 398 g/mol. The van der Waals surface area contributed by atoms with Gasteiger partial charge in [-0.25, -0.2) is 0 Å². The zero-order valence-electron chi connectivity index (χ0n) is 17.8. The molecule has 0 unspecified atom stereocenters. The molecule has 1 N–H and O–H groups in total. The topological polar surface area (TPSA) is 68.6 Å². The molecule has 29 heavy (non-hydrogen) atoms. The van der Waals surface area contributed by atoms with E-state index in [1.54, 1.807) is 7.11 Å². The average molecular weight is 399 g/mol. The molecule has 0 bridgehead atoms. The molecule has 2 fully saturated rings. The third kappa shape index (κ3) is 5.94. The smallest absolute Gasteiger partial charge is 0.246 e. The van der Waals surface area contributed by atoms with Gasteiger partial charge in [0.2, 0.25) is 5.91 Å². The Morgan fingerprint density at radius 2 is 1.93 bits per heavy atom. The fourth-order valence-electron chi connectivity index (χ4n) is 4.63. The molecule has 6 nitrogen and oxygen atoms in total. The summed E-state index contributed by atoms with van der Waals surface area (Å²) < 4.78 is 4.89. The van der Waals surface area contributed by atoms with Crippen LogP contribution in [0.1, 0.15) is 43.2 Å². The average Bonchev–Trinajstić information content (AvgIpc) is 2.73. The van der Waals surface area contributed by atoms with Crippen LogP contribution in [-0.2, 0) is 9.53 Å². The fraction of sp³-hybridized carbons (Fsp3) is 0.652. The molecule has 1 heterocycles. The van der Waals surface area contributed by atoms with E-state index < -0.39 is 0 Å². The third-order valence-corrected chi connectivity index (χ3v) is 6.42. The van der Waals surface area contributed by atoms with E-state index in [9.17, 15) is 10.1 Å². The molecule has 1 aromatic carbocycles. The van der Waals surface area contributed by atoms with Crippen LogP contribution in [0.15, 0.2) is 18.2 Å². The predicted molar refractivity (Wildman–Crippen MR) is 115 cm³/mol. The molecule has 1 aromatic rings. The van der Waals surface area contributed by atoms with Gasteiger partial charge in [0.25, 0.3) is 0 Å². The van der Waals surface area contributed by atoms with Crippen molar-refractivity contribution in [2.45, 2.75) is 45.1 Å². The summed E-state index contributed by atoms with van der Waals surface area (Å²) in [5.74, 6) is 0.771. The Kier molecular flexibility index (Phi) is 7.91. The van der Waals surface area contributed by atoms with Crippen LogP contribution in [0.5, 0.6) is 0 Å². The molecule has 0 radical (unpaired) electrons. The number of hydrogen-bond donors (Lipinski definition) is 1. The van der Waals surface area contributed by atoms with Crippen molar-refractivity contribution in [3.63, 3.8) is 0 Å². The van der Waals surface area contributed by atoms with Crippen molar-refractivity contribution in [2.75, 3.05) is 51.3 Å². The molecular formula is C23H34N4O2. The van der Waals surface area contributed by atoms with Crippen molar-refractivity contribution in [1.29, 1.82) is 5.26 Å². The van der Waals surface area contributed by atoms with Gasteiger partial charge in [0.05, 0.1) is 11.3 Å². The number of methoxy groups -OCH3 is 1. The Bertz CT molecular complexity index is 714. The van der Waals surface area contributed by atoms with Gasteiger partial charge in [-0.05, 0) is 63.1 Å². The molecule has 1 aliphatic heterocycles. The first-order chi connectivity index (χ1) is 14.1. The van der Waals surface area contributed by atoms with Gasteiger partial charge in [-0.1, -0.05) is 12.1 Å². The van der Waals surface area contributed by atoms with Crippen LogP contribution < -0.4 is 10.2 Å². The lowest BCUT2D eigenvalue weighted by atomic mass is 9.84. The normalized spacial score (nSPS) is 22.9. The molecule has 0 atom stereocenters. The molecule has 0 aromatic heterocycles. The number of rotatable bonds is 7. The summed E-state index contributed by atoms with van der Waals surface area (Å²) in [6, 6.07) is 8.83. The minimum atomic E-state index is 0.00184. The molecule has 6 heteroatoms. The molecule has 1 saturated heterocycles. The number of piperazine rings is 1. The number of nitriles is 1. The van der Waals surface area contributed by atoms with Gasteiger partial charge in [-0.3, -0.25) is 9.69 Å². The SMILES string of the molecule is COCC(=O)N[C@H]1CC[C@H](CCN2CCN(c3cccc(C)c3C#N)CC2)CC1. The maximum Gasteiger partial charge on any atom is 0.246 e. The van der Waals surface area contributed by atoms with Crippen LogP contribution in [0.2, 0.25) is 0 Å². The number of benzene rings is 1. The Morgan fingerprint density at radius 3 is 2.59 bits per heavy atom. The van der Waals surface area contributed by atoms with E-state index in [0.717, 1.165) is 68.3 Å². The van der Waals surface area contributed by atoms with E-state index in [4.69, 9.17) is 4.74 Å². The highest BCUT2D eigenvalue weighted by molar-refractivity contribution is 5.77. The zero-order valence-corrected chi connectivity index (χ0v) is 17.8. The highest BCUT2D eigenvalue weighted by atomic mass is 16.5. The first kappa shape index (κ1) is 21.6. The number of amides is 1. The third-order valence-electron chi connectivity index (χ3n) is 6.42. The van der Waals surface area contributed by atoms with Gasteiger partial charge >= 0.3 is 0 Å². The molecule has 1 amide bonds. The van der Waals surface area contributed by atoms with E-state index in [2.05, 4.69) is 27.3 Å². The van der Waals surface area contributed by atoms with Gasteiger partial charge in [-0.15, -0.1) is 0 Å². The Morgan fingerprint density at radius 1 is 1.21 bits per heavy atom. The summed E-state index contributed by atoms with van der Waals surface area (Å²) in [6.07, 6.45) is 5.81. The Balaban J connectivity index is 1.38. The van der Waals surface area contributed by atoms with Gasteiger partial charge in [0.1, 0.15) is 12.7 Å². The number of anilines is 1. The van der Waals surface area contributed by atoms with Crippen molar-refractivity contribution < 1.29 is 9.53 Å². The van der Waals surface area contributed by atoms with Gasteiger partial charge in [-0.2, -0.15) is 5.26 Å².